The second kappa shape index (κ2) is 8.31. The van der Waals surface area contributed by atoms with Crippen LogP contribution in [0.1, 0.15) is 12.8 Å². The molecule has 1 atom stereocenters. The Kier molecular flexibility index (Phi) is 8.47. The molecule has 64 valence electrons. The van der Waals surface area contributed by atoms with Crippen molar-refractivity contribution in [2.45, 2.75) is 19.1 Å². The van der Waals surface area contributed by atoms with Gasteiger partial charge < -0.3 is 9.47 Å². The van der Waals surface area contributed by atoms with Gasteiger partial charge in [-0.1, -0.05) is 28.5 Å². The van der Waals surface area contributed by atoms with Crippen LogP contribution < -0.4 is 0 Å². The highest BCUT2D eigenvalue weighted by Gasteiger charge is 2.14. The highest BCUT2D eigenvalue weighted by molar-refractivity contribution is 14.1. The van der Waals surface area contributed by atoms with E-state index in [1.807, 2.05) is 4.93 Å². The molecular formula is C8H13IO2. The molecule has 0 bridgehead atoms. The SMILES string of the molecule is C#CCOC1CCCO1.CI. The van der Waals surface area contributed by atoms with E-state index in [0.29, 0.717) is 6.61 Å². The molecular weight excluding hydrogens is 255 g/mol. The van der Waals surface area contributed by atoms with Gasteiger partial charge in [-0.15, -0.1) is 6.42 Å². The Bertz CT molecular complexity index is 114. The molecule has 1 fully saturated rings. The molecule has 11 heavy (non-hydrogen) atoms. The van der Waals surface area contributed by atoms with E-state index in [0.717, 1.165) is 19.4 Å². The van der Waals surface area contributed by atoms with Crippen molar-refractivity contribution in [1.82, 2.24) is 0 Å². The summed E-state index contributed by atoms with van der Waals surface area (Å²) >= 11 is 2.15. The number of terminal acetylenes is 1. The Labute approximate surface area is 81.8 Å². The Hall–Kier alpha value is 0.210. The lowest BCUT2D eigenvalue weighted by molar-refractivity contribution is -0.0995. The highest BCUT2D eigenvalue weighted by Crippen LogP contribution is 2.12. The summed E-state index contributed by atoms with van der Waals surface area (Å²) in [5, 5.41) is 0. The van der Waals surface area contributed by atoms with E-state index in [1.165, 1.54) is 0 Å². The van der Waals surface area contributed by atoms with Crippen molar-refractivity contribution in [3.63, 3.8) is 0 Å². The summed E-state index contributed by atoms with van der Waals surface area (Å²) < 4.78 is 10.2. The summed E-state index contributed by atoms with van der Waals surface area (Å²) in [6.45, 7) is 1.18. The van der Waals surface area contributed by atoms with E-state index in [4.69, 9.17) is 15.9 Å². The molecule has 2 nitrogen and oxygen atoms in total. The Balaban J connectivity index is 0.000000461. The van der Waals surface area contributed by atoms with Gasteiger partial charge in [0.05, 0.1) is 0 Å². The number of hydrogen-bond acceptors (Lipinski definition) is 2. The Morgan fingerprint density at radius 2 is 2.45 bits per heavy atom. The quantitative estimate of drug-likeness (QED) is 0.432. The molecule has 0 aromatic heterocycles. The molecule has 0 aliphatic carbocycles. The van der Waals surface area contributed by atoms with Crippen molar-refractivity contribution < 1.29 is 9.47 Å². The predicted molar refractivity (Wildman–Crippen MR) is 53.7 cm³/mol. The van der Waals surface area contributed by atoms with Crippen molar-refractivity contribution in [3.8, 4) is 12.3 Å². The minimum absolute atomic E-state index is 0.0268. The minimum Gasteiger partial charge on any atom is -0.353 e. The van der Waals surface area contributed by atoms with E-state index < -0.39 is 0 Å². The van der Waals surface area contributed by atoms with Crippen molar-refractivity contribution in [2.75, 3.05) is 18.1 Å². The smallest absolute Gasteiger partial charge is 0.158 e. The van der Waals surface area contributed by atoms with Gasteiger partial charge in [-0.25, -0.2) is 0 Å². The zero-order valence-electron chi connectivity index (χ0n) is 6.68. The topological polar surface area (TPSA) is 18.5 Å². The second-order valence-electron chi connectivity index (χ2n) is 1.96. The van der Waals surface area contributed by atoms with Crippen LogP contribution in [0.25, 0.3) is 0 Å². The first-order valence-corrected chi connectivity index (χ1v) is 5.63. The van der Waals surface area contributed by atoms with Crippen LogP contribution in [-0.2, 0) is 9.47 Å². The van der Waals surface area contributed by atoms with E-state index in [9.17, 15) is 0 Å². The van der Waals surface area contributed by atoms with Gasteiger partial charge in [0, 0.05) is 13.0 Å². The van der Waals surface area contributed by atoms with Crippen LogP contribution in [0.4, 0.5) is 0 Å². The van der Waals surface area contributed by atoms with Gasteiger partial charge in [0.15, 0.2) is 6.29 Å². The van der Waals surface area contributed by atoms with Gasteiger partial charge in [-0.2, -0.15) is 0 Å². The molecule has 1 rings (SSSR count). The summed E-state index contributed by atoms with van der Waals surface area (Å²) in [5.74, 6) is 2.39. The molecule has 1 aliphatic heterocycles. The van der Waals surface area contributed by atoms with Crippen LogP contribution in [0.5, 0.6) is 0 Å². The molecule has 0 spiro atoms. The maximum Gasteiger partial charge on any atom is 0.158 e. The number of alkyl halides is 1. The van der Waals surface area contributed by atoms with Gasteiger partial charge >= 0.3 is 0 Å². The number of ether oxygens (including phenoxy) is 2. The first-order valence-electron chi connectivity index (χ1n) is 3.48. The van der Waals surface area contributed by atoms with Gasteiger partial charge in [-0.05, 0) is 11.4 Å². The van der Waals surface area contributed by atoms with Crippen LogP contribution in [0.2, 0.25) is 0 Å². The first kappa shape index (κ1) is 11.2. The van der Waals surface area contributed by atoms with Gasteiger partial charge in [0.25, 0.3) is 0 Å². The molecule has 0 amide bonds. The normalized spacial score (nSPS) is 21.7. The fourth-order valence-electron chi connectivity index (χ4n) is 0.821. The van der Waals surface area contributed by atoms with Gasteiger partial charge in [0.1, 0.15) is 6.61 Å². The predicted octanol–water partition coefficient (Wildman–Crippen LogP) is 1.82. The number of rotatable bonds is 2. The zero-order valence-corrected chi connectivity index (χ0v) is 8.84. The average Bonchev–Trinajstić information content (AvgIpc) is 2.57. The molecule has 1 heterocycles. The maximum atomic E-state index is 5.14. The lowest BCUT2D eigenvalue weighted by atomic mass is 10.4. The molecule has 0 radical (unpaired) electrons. The zero-order chi connectivity index (χ0) is 8.53. The first-order chi connectivity index (χ1) is 5.43. The third-order valence-corrected chi connectivity index (χ3v) is 1.24. The number of halogens is 1. The molecule has 1 aliphatic rings. The van der Waals surface area contributed by atoms with Crippen molar-refractivity contribution in [1.29, 1.82) is 0 Å². The molecule has 0 aromatic rings. The summed E-state index contributed by atoms with van der Waals surface area (Å²) in [6.07, 6.45) is 7.03. The standard InChI is InChI=1S/C7H10O2.CH3I/c1-2-5-8-7-4-3-6-9-7;1-2/h1,7H,3-6H2;1H3. The summed E-state index contributed by atoms with van der Waals surface area (Å²) in [7, 11) is 0. The van der Waals surface area contributed by atoms with Crippen LogP contribution >= 0.6 is 22.6 Å². The summed E-state index contributed by atoms with van der Waals surface area (Å²) in [6, 6.07) is 0. The molecule has 3 heteroatoms. The van der Waals surface area contributed by atoms with Crippen molar-refractivity contribution in [3.05, 3.63) is 0 Å². The number of hydrogen-bond donors (Lipinski definition) is 0. The van der Waals surface area contributed by atoms with E-state index in [-0.39, 0.29) is 6.29 Å². The van der Waals surface area contributed by atoms with Gasteiger partial charge in [-0.3, -0.25) is 0 Å². The molecule has 0 saturated carbocycles. The molecule has 1 saturated heterocycles. The summed E-state index contributed by atoms with van der Waals surface area (Å²) in [5.41, 5.74) is 0. The van der Waals surface area contributed by atoms with E-state index >= 15 is 0 Å². The fourth-order valence-corrected chi connectivity index (χ4v) is 0.821. The highest BCUT2D eigenvalue weighted by atomic mass is 127. The van der Waals surface area contributed by atoms with E-state index in [1.54, 1.807) is 0 Å². The second-order valence-corrected chi connectivity index (χ2v) is 1.96. The minimum atomic E-state index is -0.0268. The van der Waals surface area contributed by atoms with Crippen LogP contribution in [-0.4, -0.2) is 24.4 Å². The summed E-state index contributed by atoms with van der Waals surface area (Å²) in [4.78, 5) is 1.97. The average molecular weight is 268 g/mol. The fraction of sp³-hybridized carbons (Fsp3) is 0.750. The lowest BCUT2D eigenvalue weighted by Gasteiger charge is -2.06. The lowest BCUT2D eigenvalue weighted by Crippen LogP contribution is -2.09. The van der Waals surface area contributed by atoms with Crippen LogP contribution in [0, 0.1) is 12.3 Å². The Morgan fingerprint density at radius 1 is 1.73 bits per heavy atom. The third kappa shape index (κ3) is 5.48. The van der Waals surface area contributed by atoms with Crippen LogP contribution in [0.15, 0.2) is 0 Å². The monoisotopic (exact) mass is 268 g/mol. The maximum absolute atomic E-state index is 5.14. The van der Waals surface area contributed by atoms with Gasteiger partial charge in [0.2, 0.25) is 0 Å². The molecule has 0 N–H and O–H groups in total. The van der Waals surface area contributed by atoms with E-state index in [2.05, 4.69) is 28.5 Å². The van der Waals surface area contributed by atoms with Crippen LogP contribution in [0.3, 0.4) is 0 Å². The Morgan fingerprint density at radius 3 is 2.91 bits per heavy atom. The largest absolute Gasteiger partial charge is 0.353 e. The van der Waals surface area contributed by atoms with Crippen molar-refractivity contribution in [2.24, 2.45) is 0 Å². The molecule has 1 unspecified atom stereocenters. The third-order valence-electron chi connectivity index (χ3n) is 1.24. The van der Waals surface area contributed by atoms with Crippen molar-refractivity contribution >= 4 is 22.6 Å². The molecule has 0 aromatic carbocycles.